The lowest BCUT2D eigenvalue weighted by Crippen LogP contribution is -2.41. The minimum Gasteiger partial charge on any atom is -0.443 e. The summed E-state index contributed by atoms with van der Waals surface area (Å²) in [6, 6.07) is 1.82. The van der Waals surface area contributed by atoms with Crippen LogP contribution in [0.25, 0.3) is 0 Å². The van der Waals surface area contributed by atoms with Crippen LogP contribution in [0.5, 0.6) is 0 Å². The quantitative estimate of drug-likeness (QED) is 0.481. The predicted molar refractivity (Wildman–Crippen MR) is 96.0 cm³/mol. The molecule has 1 rings (SSSR count). The van der Waals surface area contributed by atoms with Crippen molar-refractivity contribution in [2.45, 2.75) is 26.4 Å². The molecule has 0 aliphatic carbocycles. The zero-order valence-electron chi connectivity index (χ0n) is 15.8. The van der Waals surface area contributed by atoms with E-state index < -0.39 is 17.6 Å². The summed E-state index contributed by atoms with van der Waals surface area (Å²) in [5, 5.41) is 12.0. The number of carbonyl (C=O) groups excluding carboxylic acids is 2. The van der Waals surface area contributed by atoms with E-state index >= 15 is 0 Å². The van der Waals surface area contributed by atoms with Crippen LogP contribution in [0.1, 0.15) is 20.8 Å². The van der Waals surface area contributed by atoms with Crippen molar-refractivity contribution in [2.24, 2.45) is 5.73 Å². The molecule has 0 unspecified atom stereocenters. The number of morpholine rings is 1. The second-order valence-corrected chi connectivity index (χ2v) is 6.83. The molecule has 1 aliphatic rings. The van der Waals surface area contributed by atoms with Crippen LogP contribution in [-0.2, 0) is 14.3 Å². The molecule has 26 heavy (non-hydrogen) atoms. The number of amides is 2. The third kappa shape index (κ3) is 8.29. The van der Waals surface area contributed by atoms with E-state index in [2.05, 4.69) is 10.2 Å². The molecule has 0 aromatic heterocycles. The van der Waals surface area contributed by atoms with Gasteiger partial charge in [-0.3, -0.25) is 14.6 Å². The number of rotatable bonds is 7. The molecule has 1 heterocycles. The number of hydrogen-bond acceptors (Lipinski definition) is 7. The van der Waals surface area contributed by atoms with Crippen molar-refractivity contribution in [3.05, 3.63) is 11.8 Å². The maximum Gasteiger partial charge on any atom is 0.414 e. The largest absolute Gasteiger partial charge is 0.443 e. The van der Waals surface area contributed by atoms with Crippen LogP contribution in [0.4, 0.5) is 4.79 Å². The Balaban J connectivity index is 2.64. The normalized spacial score (nSPS) is 15.9. The number of carbonyl (C=O) groups is 2. The fourth-order valence-corrected chi connectivity index (χ4v) is 2.21. The molecular formula is C17H29N5O4. The van der Waals surface area contributed by atoms with Crippen molar-refractivity contribution in [1.29, 1.82) is 5.26 Å². The third-order valence-corrected chi connectivity index (χ3v) is 3.47. The van der Waals surface area contributed by atoms with Crippen LogP contribution >= 0.6 is 0 Å². The van der Waals surface area contributed by atoms with Gasteiger partial charge in [0, 0.05) is 45.5 Å². The number of nitrogens with two attached hydrogens (primary N) is 1. The van der Waals surface area contributed by atoms with Crippen LogP contribution in [0.3, 0.4) is 0 Å². The van der Waals surface area contributed by atoms with Gasteiger partial charge in [0.25, 0.3) is 5.91 Å². The summed E-state index contributed by atoms with van der Waals surface area (Å²) in [5.41, 5.74) is 4.64. The first-order valence-electron chi connectivity index (χ1n) is 8.66. The van der Waals surface area contributed by atoms with Gasteiger partial charge in [-0.2, -0.15) is 5.26 Å². The van der Waals surface area contributed by atoms with Gasteiger partial charge in [-0.05, 0) is 20.8 Å². The standard InChI is InChI=1S/C17H29N5O4/c1-17(2,3)26-16(24)22(6-4-18)13-14(12-19)15(23)20-5-7-21-8-10-25-11-9-21/h13H,4-11,18H2,1-3H3,(H,20,23)/b14-13-. The zero-order chi connectivity index (χ0) is 19.6. The second kappa shape index (κ2) is 10.8. The number of nitriles is 1. The van der Waals surface area contributed by atoms with Crippen molar-refractivity contribution in [3.8, 4) is 6.07 Å². The van der Waals surface area contributed by atoms with Crippen molar-refractivity contribution in [3.63, 3.8) is 0 Å². The first kappa shape index (κ1) is 21.9. The van der Waals surface area contributed by atoms with E-state index in [0.29, 0.717) is 26.3 Å². The molecule has 0 spiro atoms. The molecule has 3 N–H and O–H groups in total. The number of ether oxygens (including phenoxy) is 2. The van der Waals surface area contributed by atoms with Crippen LogP contribution < -0.4 is 11.1 Å². The van der Waals surface area contributed by atoms with Gasteiger partial charge < -0.3 is 20.5 Å². The SMILES string of the molecule is CC(C)(C)OC(=O)N(/C=C(/C#N)C(=O)NCCN1CCOCC1)CCN. The molecule has 9 nitrogen and oxygen atoms in total. The lowest BCUT2D eigenvalue weighted by atomic mass is 10.2. The van der Waals surface area contributed by atoms with Gasteiger partial charge in [0.1, 0.15) is 17.2 Å². The molecule has 0 saturated carbocycles. The lowest BCUT2D eigenvalue weighted by molar-refractivity contribution is -0.117. The first-order chi connectivity index (χ1) is 12.3. The summed E-state index contributed by atoms with van der Waals surface area (Å²) >= 11 is 0. The summed E-state index contributed by atoms with van der Waals surface area (Å²) in [7, 11) is 0. The molecule has 1 aliphatic heterocycles. The molecule has 9 heteroatoms. The molecule has 0 bridgehead atoms. The highest BCUT2D eigenvalue weighted by Crippen LogP contribution is 2.11. The number of nitrogens with one attached hydrogen (secondary N) is 1. The van der Waals surface area contributed by atoms with Gasteiger partial charge in [-0.25, -0.2) is 4.79 Å². The van der Waals surface area contributed by atoms with Crippen molar-refractivity contribution in [1.82, 2.24) is 15.1 Å². The van der Waals surface area contributed by atoms with Crippen LogP contribution in [0.15, 0.2) is 11.8 Å². The zero-order valence-corrected chi connectivity index (χ0v) is 15.8. The highest BCUT2D eigenvalue weighted by molar-refractivity contribution is 5.97. The van der Waals surface area contributed by atoms with E-state index in [1.165, 1.54) is 6.20 Å². The van der Waals surface area contributed by atoms with Crippen LogP contribution in [0.2, 0.25) is 0 Å². The Morgan fingerprint density at radius 3 is 2.58 bits per heavy atom. The van der Waals surface area contributed by atoms with E-state index in [1.54, 1.807) is 20.8 Å². The van der Waals surface area contributed by atoms with Gasteiger partial charge in [-0.1, -0.05) is 0 Å². The Hall–Kier alpha value is -2.15. The average Bonchev–Trinajstić information content (AvgIpc) is 2.57. The summed E-state index contributed by atoms with van der Waals surface area (Å²) < 4.78 is 10.5. The Morgan fingerprint density at radius 1 is 1.38 bits per heavy atom. The van der Waals surface area contributed by atoms with Crippen molar-refractivity contribution < 1.29 is 19.1 Å². The second-order valence-electron chi connectivity index (χ2n) is 6.83. The highest BCUT2D eigenvalue weighted by Gasteiger charge is 2.22. The summed E-state index contributed by atoms with van der Waals surface area (Å²) in [5.74, 6) is -0.536. The van der Waals surface area contributed by atoms with Gasteiger partial charge >= 0.3 is 6.09 Å². The minimum atomic E-state index is -0.689. The number of hydrogen-bond donors (Lipinski definition) is 2. The molecule has 0 aromatic carbocycles. The van der Waals surface area contributed by atoms with Crippen molar-refractivity contribution >= 4 is 12.0 Å². The first-order valence-corrected chi connectivity index (χ1v) is 8.66. The molecule has 146 valence electrons. The van der Waals surface area contributed by atoms with E-state index in [1.807, 2.05) is 6.07 Å². The molecule has 0 radical (unpaired) electrons. The Kier molecular flexibility index (Phi) is 9.05. The highest BCUT2D eigenvalue weighted by atomic mass is 16.6. The lowest BCUT2D eigenvalue weighted by Gasteiger charge is -2.26. The van der Waals surface area contributed by atoms with Gasteiger partial charge in [0.15, 0.2) is 0 Å². The third-order valence-electron chi connectivity index (χ3n) is 3.47. The predicted octanol–water partition coefficient (Wildman–Crippen LogP) is 0.0381. The minimum absolute atomic E-state index is 0.140. The van der Waals surface area contributed by atoms with E-state index in [-0.39, 0.29) is 18.7 Å². The summed E-state index contributed by atoms with van der Waals surface area (Å²) in [6.07, 6.45) is 0.530. The Bertz CT molecular complexity index is 544. The monoisotopic (exact) mass is 367 g/mol. The molecule has 1 saturated heterocycles. The van der Waals surface area contributed by atoms with Gasteiger partial charge in [0.05, 0.1) is 13.2 Å². The average molecular weight is 367 g/mol. The Labute approximate surface area is 154 Å². The number of nitrogens with zero attached hydrogens (tertiary/aromatic N) is 3. The summed E-state index contributed by atoms with van der Waals surface area (Å²) in [6.45, 7) is 9.60. The molecule has 0 aromatic rings. The molecule has 2 amide bonds. The van der Waals surface area contributed by atoms with E-state index in [4.69, 9.17) is 15.2 Å². The topological polar surface area (TPSA) is 121 Å². The van der Waals surface area contributed by atoms with E-state index in [9.17, 15) is 14.9 Å². The summed E-state index contributed by atoms with van der Waals surface area (Å²) in [4.78, 5) is 27.7. The molecule has 1 fully saturated rings. The van der Waals surface area contributed by atoms with Crippen molar-refractivity contribution in [2.75, 3.05) is 52.5 Å². The van der Waals surface area contributed by atoms with Crippen LogP contribution in [-0.4, -0.2) is 79.9 Å². The molecular weight excluding hydrogens is 338 g/mol. The molecule has 0 atom stereocenters. The maximum absolute atomic E-state index is 12.2. The van der Waals surface area contributed by atoms with Crippen LogP contribution in [0, 0.1) is 11.3 Å². The fourth-order valence-electron chi connectivity index (χ4n) is 2.21. The van der Waals surface area contributed by atoms with Gasteiger partial charge in [0.2, 0.25) is 0 Å². The van der Waals surface area contributed by atoms with E-state index in [0.717, 1.165) is 18.0 Å². The smallest absolute Gasteiger partial charge is 0.414 e. The maximum atomic E-state index is 12.2. The van der Waals surface area contributed by atoms with Gasteiger partial charge in [-0.15, -0.1) is 0 Å². The fraction of sp³-hybridized carbons (Fsp3) is 0.706. The Morgan fingerprint density at radius 2 is 2.04 bits per heavy atom.